The Bertz CT molecular complexity index is 211. The number of unbranched alkanes of at least 4 members (excludes halogenated alkanes) is 2. The topological polar surface area (TPSA) is 64.6 Å². The summed E-state index contributed by atoms with van der Waals surface area (Å²) in [7, 11) is 0. The van der Waals surface area contributed by atoms with Gasteiger partial charge in [-0.25, -0.2) is 4.79 Å². The van der Waals surface area contributed by atoms with Gasteiger partial charge >= 0.3 is 5.97 Å². The first-order valence-electron chi connectivity index (χ1n) is 5.48. The van der Waals surface area contributed by atoms with E-state index in [0.717, 1.165) is 19.3 Å². The fourth-order valence-electron chi connectivity index (χ4n) is 1.07. The average molecular weight is 231 g/mol. The smallest absolute Gasteiger partial charge is 0.332 e. The molecular formula is C11H21NO4. The Labute approximate surface area is 96.4 Å². The highest BCUT2D eigenvalue weighted by Gasteiger charge is 2.09. The fourth-order valence-corrected chi connectivity index (χ4v) is 1.07. The van der Waals surface area contributed by atoms with Gasteiger partial charge in [0.25, 0.3) is 0 Å². The second-order valence-electron chi connectivity index (χ2n) is 4.48. The average Bonchev–Trinajstić information content (AvgIpc) is 2.18. The van der Waals surface area contributed by atoms with Gasteiger partial charge in [-0.05, 0) is 33.6 Å². The van der Waals surface area contributed by atoms with Crippen LogP contribution in [0.4, 0.5) is 0 Å². The molecule has 0 aromatic rings. The van der Waals surface area contributed by atoms with Crippen LogP contribution in [0.3, 0.4) is 0 Å². The summed E-state index contributed by atoms with van der Waals surface area (Å²) in [5, 5.41) is 0. The number of nitrogens with one attached hydrogen (secondary N) is 1. The first kappa shape index (κ1) is 14.9. The van der Waals surface area contributed by atoms with Crippen molar-refractivity contribution in [3.05, 3.63) is 0 Å². The molecule has 0 radical (unpaired) electrons. The van der Waals surface area contributed by atoms with Gasteiger partial charge in [0, 0.05) is 13.0 Å². The first-order valence-corrected chi connectivity index (χ1v) is 5.48. The molecule has 0 aliphatic rings. The Balaban J connectivity index is 3.27. The summed E-state index contributed by atoms with van der Waals surface area (Å²) < 4.78 is 5.53. The Morgan fingerprint density at radius 2 is 1.94 bits per heavy atom. The third-order valence-corrected chi connectivity index (χ3v) is 1.78. The molecule has 0 rings (SSSR count). The van der Waals surface area contributed by atoms with E-state index < -0.39 is 5.97 Å². The first-order chi connectivity index (χ1) is 7.45. The predicted octanol–water partition coefficient (Wildman–Crippen LogP) is 1.57. The molecule has 5 nitrogen and oxygen atoms in total. The Morgan fingerprint density at radius 1 is 1.25 bits per heavy atom. The second kappa shape index (κ2) is 8.10. The molecule has 94 valence electrons. The summed E-state index contributed by atoms with van der Waals surface area (Å²) in [5.74, 6) is -0.413. The number of carbonyl (C=O) groups excluding carboxylic acids is 2. The van der Waals surface area contributed by atoms with Crippen molar-refractivity contribution in [1.29, 1.82) is 0 Å². The molecule has 0 atom stereocenters. The zero-order valence-electron chi connectivity index (χ0n) is 10.2. The molecule has 0 aliphatic heterocycles. The van der Waals surface area contributed by atoms with Gasteiger partial charge in [-0.2, -0.15) is 5.48 Å². The third kappa shape index (κ3) is 11.0. The maximum Gasteiger partial charge on any atom is 0.332 e. The molecule has 5 heteroatoms. The van der Waals surface area contributed by atoms with Crippen molar-refractivity contribution in [2.24, 2.45) is 0 Å². The number of ether oxygens (including phenoxy) is 1. The van der Waals surface area contributed by atoms with Gasteiger partial charge in [0.1, 0.15) is 0 Å². The lowest BCUT2D eigenvalue weighted by Gasteiger charge is -2.19. The fraction of sp³-hybridized carbons (Fsp3) is 0.818. The van der Waals surface area contributed by atoms with Gasteiger partial charge in [-0.3, -0.25) is 4.79 Å². The number of carbonyl (C=O) groups is 2. The van der Waals surface area contributed by atoms with E-state index in [1.54, 1.807) is 0 Å². The highest BCUT2D eigenvalue weighted by Crippen LogP contribution is 2.09. The lowest BCUT2D eigenvalue weighted by atomic mass is 10.2. The summed E-state index contributed by atoms with van der Waals surface area (Å²) >= 11 is 0. The molecule has 0 aliphatic carbocycles. The molecule has 0 fully saturated rings. The molecule has 1 N–H and O–H groups in total. The quantitative estimate of drug-likeness (QED) is 0.391. The van der Waals surface area contributed by atoms with Crippen LogP contribution in [0.15, 0.2) is 0 Å². The number of amides is 1. The minimum absolute atomic E-state index is 0.104. The molecular weight excluding hydrogens is 210 g/mol. The van der Waals surface area contributed by atoms with Gasteiger partial charge in [-0.1, -0.05) is 6.42 Å². The summed E-state index contributed by atoms with van der Waals surface area (Å²) in [6.07, 6.45) is 3.22. The van der Waals surface area contributed by atoms with E-state index in [1.165, 1.54) is 0 Å². The normalized spacial score (nSPS) is 10.9. The van der Waals surface area contributed by atoms with Gasteiger partial charge in [0.05, 0.1) is 5.60 Å². The van der Waals surface area contributed by atoms with E-state index in [2.05, 4.69) is 4.84 Å². The molecule has 0 saturated heterocycles. The van der Waals surface area contributed by atoms with Crippen LogP contribution in [-0.4, -0.2) is 24.6 Å². The van der Waals surface area contributed by atoms with E-state index in [9.17, 15) is 9.59 Å². The molecule has 0 spiro atoms. The summed E-state index contributed by atoms with van der Waals surface area (Å²) in [5.41, 5.74) is 1.76. The van der Waals surface area contributed by atoms with Crippen LogP contribution >= 0.6 is 0 Å². The standard InChI is InChI=1S/C11H21NO4/c1-11(2,3)15-8-6-4-5-7-10(14)16-12-9-13/h9H,4-8H2,1-3H3,(H,12,13). The number of hydrogen-bond donors (Lipinski definition) is 1. The van der Waals surface area contributed by atoms with Crippen LogP contribution < -0.4 is 5.48 Å². The Hall–Kier alpha value is -1.10. The Kier molecular flexibility index (Phi) is 7.54. The van der Waals surface area contributed by atoms with E-state index in [0.29, 0.717) is 19.4 Å². The van der Waals surface area contributed by atoms with E-state index >= 15 is 0 Å². The van der Waals surface area contributed by atoms with Crippen molar-refractivity contribution in [1.82, 2.24) is 5.48 Å². The van der Waals surface area contributed by atoms with E-state index in [4.69, 9.17) is 4.74 Å². The van der Waals surface area contributed by atoms with E-state index in [-0.39, 0.29) is 5.60 Å². The lowest BCUT2D eigenvalue weighted by molar-refractivity contribution is -0.154. The van der Waals surface area contributed by atoms with Crippen LogP contribution in [0, 0.1) is 0 Å². The molecule has 0 bridgehead atoms. The zero-order valence-corrected chi connectivity index (χ0v) is 10.2. The molecule has 0 heterocycles. The van der Waals surface area contributed by atoms with Crippen molar-refractivity contribution in [3.8, 4) is 0 Å². The van der Waals surface area contributed by atoms with Gasteiger partial charge in [0.15, 0.2) is 0 Å². The van der Waals surface area contributed by atoms with Crippen LogP contribution in [-0.2, 0) is 19.2 Å². The largest absolute Gasteiger partial charge is 0.376 e. The maximum absolute atomic E-state index is 10.9. The molecule has 0 unspecified atom stereocenters. The maximum atomic E-state index is 10.9. The molecule has 16 heavy (non-hydrogen) atoms. The number of hydroxylamine groups is 1. The van der Waals surface area contributed by atoms with Gasteiger partial charge in [-0.15, -0.1) is 0 Å². The van der Waals surface area contributed by atoms with Crippen LogP contribution in [0.5, 0.6) is 0 Å². The van der Waals surface area contributed by atoms with Crippen LogP contribution in [0.1, 0.15) is 46.5 Å². The molecule has 1 amide bonds. The van der Waals surface area contributed by atoms with Crippen molar-refractivity contribution in [2.45, 2.75) is 52.1 Å². The lowest BCUT2D eigenvalue weighted by Crippen LogP contribution is -2.19. The number of rotatable bonds is 8. The highest BCUT2D eigenvalue weighted by atomic mass is 16.7. The summed E-state index contributed by atoms with van der Waals surface area (Å²) in [4.78, 5) is 25.1. The Morgan fingerprint density at radius 3 is 2.50 bits per heavy atom. The van der Waals surface area contributed by atoms with Crippen LogP contribution in [0.2, 0.25) is 0 Å². The molecule has 0 saturated carbocycles. The summed E-state index contributed by atoms with van der Waals surface area (Å²) in [6.45, 7) is 6.73. The van der Waals surface area contributed by atoms with Crippen molar-refractivity contribution < 1.29 is 19.2 Å². The van der Waals surface area contributed by atoms with Crippen LogP contribution in [0.25, 0.3) is 0 Å². The molecule has 0 aromatic heterocycles. The highest BCUT2D eigenvalue weighted by molar-refractivity contribution is 5.69. The van der Waals surface area contributed by atoms with Crippen molar-refractivity contribution >= 4 is 12.4 Å². The third-order valence-electron chi connectivity index (χ3n) is 1.78. The van der Waals surface area contributed by atoms with Crippen molar-refractivity contribution in [3.63, 3.8) is 0 Å². The minimum atomic E-state index is -0.413. The summed E-state index contributed by atoms with van der Waals surface area (Å²) in [6, 6.07) is 0. The number of hydrogen-bond acceptors (Lipinski definition) is 4. The predicted molar refractivity (Wildman–Crippen MR) is 59.5 cm³/mol. The SMILES string of the molecule is CC(C)(C)OCCCCCC(=O)ONC=O. The monoisotopic (exact) mass is 231 g/mol. The zero-order chi connectivity index (χ0) is 12.4. The van der Waals surface area contributed by atoms with E-state index in [1.807, 2.05) is 26.3 Å². The van der Waals surface area contributed by atoms with Gasteiger partial charge in [0.2, 0.25) is 6.41 Å². The minimum Gasteiger partial charge on any atom is -0.376 e. The second-order valence-corrected chi connectivity index (χ2v) is 4.48. The van der Waals surface area contributed by atoms with Crippen molar-refractivity contribution in [2.75, 3.05) is 6.61 Å². The molecule has 0 aromatic carbocycles. The van der Waals surface area contributed by atoms with Gasteiger partial charge < -0.3 is 9.57 Å².